The molecule has 0 spiro atoms. The van der Waals surface area contributed by atoms with Crippen molar-refractivity contribution in [1.82, 2.24) is 4.90 Å². The van der Waals surface area contributed by atoms with Crippen LogP contribution < -0.4 is 0 Å². The highest BCUT2D eigenvalue weighted by Gasteiger charge is 2.24. The number of rotatable bonds is 3. The van der Waals surface area contributed by atoms with E-state index in [9.17, 15) is 5.11 Å². The van der Waals surface area contributed by atoms with Gasteiger partial charge in [-0.05, 0) is 44.9 Å². The molecule has 1 aromatic rings. The van der Waals surface area contributed by atoms with Gasteiger partial charge in [-0.1, -0.05) is 35.6 Å². The molecule has 1 aliphatic heterocycles. The molecule has 2 rings (SSSR count). The topological polar surface area (TPSA) is 23.5 Å². The van der Waals surface area contributed by atoms with Crippen molar-refractivity contribution in [2.75, 3.05) is 13.1 Å². The minimum Gasteiger partial charge on any atom is -0.393 e. The molecule has 1 aromatic carbocycles. The Morgan fingerprint density at radius 1 is 1.47 bits per heavy atom. The summed E-state index contributed by atoms with van der Waals surface area (Å²) in [6, 6.07) is 8.12. The minimum atomic E-state index is -0.234. The average molecular weight is 278 g/mol. The zero-order chi connectivity index (χ0) is 13.7. The van der Waals surface area contributed by atoms with E-state index >= 15 is 0 Å². The van der Waals surface area contributed by atoms with Gasteiger partial charge in [-0.15, -0.1) is 0 Å². The molecule has 0 aliphatic carbocycles. The van der Waals surface area contributed by atoms with Crippen LogP contribution in [-0.4, -0.2) is 35.2 Å². The molecule has 0 aromatic heterocycles. The maximum absolute atomic E-state index is 9.49. The number of hydrogen-bond donors (Lipinski definition) is 1. The van der Waals surface area contributed by atoms with Crippen LogP contribution in [0.25, 0.3) is 0 Å². The monoisotopic (exact) mass is 277 g/mol. The quantitative estimate of drug-likeness (QED) is 0.859. The Balaban J connectivity index is 1.94. The van der Waals surface area contributed by atoms with Crippen LogP contribution in [0.1, 0.15) is 31.7 Å². The lowest BCUT2D eigenvalue weighted by molar-refractivity contribution is 0.140. The van der Waals surface area contributed by atoms with Gasteiger partial charge in [0.15, 0.2) is 0 Å². The summed E-state index contributed by atoms with van der Waals surface area (Å²) in [5.74, 6) is 6.33. The van der Waals surface area contributed by atoms with Crippen molar-refractivity contribution in [3.63, 3.8) is 0 Å². The lowest BCUT2D eigenvalue weighted by Crippen LogP contribution is -2.32. The first kappa shape index (κ1) is 14.4. The molecule has 2 atom stereocenters. The third-order valence-corrected chi connectivity index (χ3v) is 3.82. The van der Waals surface area contributed by atoms with Crippen LogP contribution in [0.15, 0.2) is 24.3 Å². The SMILES string of the molecule is CC(O)CC1CCCN1CC#Cc1ccccc1Cl. The Morgan fingerprint density at radius 2 is 2.26 bits per heavy atom. The Bertz CT molecular complexity index is 475. The van der Waals surface area contributed by atoms with Crippen molar-refractivity contribution in [1.29, 1.82) is 0 Å². The van der Waals surface area contributed by atoms with Gasteiger partial charge < -0.3 is 5.11 Å². The van der Waals surface area contributed by atoms with Gasteiger partial charge in [-0.3, -0.25) is 4.90 Å². The van der Waals surface area contributed by atoms with Crippen LogP contribution in [0, 0.1) is 11.8 Å². The van der Waals surface area contributed by atoms with Crippen molar-refractivity contribution in [3.8, 4) is 11.8 Å². The normalized spacial score (nSPS) is 20.9. The van der Waals surface area contributed by atoms with Crippen LogP contribution in [-0.2, 0) is 0 Å². The van der Waals surface area contributed by atoms with Gasteiger partial charge in [0.05, 0.1) is 17.7 Å². The van der Waals surface area contributed by atoms with Crippen LogP contribution in [0.4, 0.5) is 0 Å². The van der Waals surface area contributed by atoms with E-state index < -0.39 is 0 Å². The van der Waals surface area contributed by atoms with E-state index in [0.29, 0.717) is 11.1 Å². The molecule has 0 bridgehead atoms. The lowest BCUT2D eigenvalue weighted by atomic mass is 10.1. The smallest absolute Gasteiger partial charge is 0.0607 e. The lowest BCUT2D eigenvalue weighted by Gasteiger charge is -2.23. The largest absolute Gasteiger partial charge is 0.393 e. The Labute approximate surface area is 120 Å². The first-order valence-electron chi connectivity index (χ1n) is 6.82. The van der Waals surface area contributed by atoms with E-state index in [2.05, 4.69) is 16.7 Å². The number of halogens is 1. The van der Waals surface area contributed by atoms with E-state index in [0.717, 1.165) is 25.1 Å². The molecule has 19 heavy (non-hydrogen) atoms. The average Bonchev–Trinajstić information content (AvgIpc) is 2.78. The summed E-state index contributed by atoms with van der Waals surface area (Å²) in [6.45, 7) is 3.68. The fraction of sp³-hybridized carbons (Fsp3) is 0.500. The highest BCUT2D eigenvalue weighted by atomic mass is 35.5. The van der Waals surface area contributed by atoms with Gasteiger partial charge >= 0.3 is 0 Å². The second-order valence-corrected chi connectivity index (χ2v) is 5.54. The summed E-state index contributed by atoms with van der Waals surface area (Å²) >= 11 is 6.07. The molecule has 102 valence electrons. The number of likely N-dealkylation sites (tertiary alicyclic amines) is 1. The Morgan fingerprint density at radius 3 is 3.00 bits per heavy atom. The molecule has 1 fully saturated rings. The molecular weight excluding hydrogens is 258 g/mol. The van der Waals surface area contributed by atoms with Crippen LogP contribution >= 0.6 is 11.6 Å². The number of hydrogen-bond acceptors (Lipinski definition) is 2. The van der Waals surface area contributed by atoms with Gasteiger partial charge in [0.25, 0.3) is 0 Å². The standard InChI is InChI=1S/C16H20ClNO/c1-13(19)12-15-8-5-11-18(15)10-4-7-14-6-2-3-9-16(14)17/h2-3,6,9,13,15,19H,5,8,10-12H2,1H3. The fourth-order valence-electron chi connectivity index (χ4n) is 2.56. The molecule has 2 unspecified atom stereocenters. The van der Waals surface area contributed by atoms with Gasteiger partial charge in [-0.2, -0.15) is 0 Å². The predicted molar refractivity (Wildman–Crippen MR) is 79.2 cm³/mol. The first-order chi connectivity index (χ1) is 9.16. The number of nitrogens with zero attached hydrogens (tertiary/aromatic N) is 1. The highest BCUT2D eigenvalue weighted by Crippen LogP contribution is 2.20. The van der Waals surface area contributed by atoms with Crippen molar-refractivity contribution < 1.29 is 5.11 Å². The third kappa shape index (κ3) is 4.24. The van der Waals surface area contributed by atoms with E-state index in [-0.39, 0.29) is 6.10 Å². The molecule has 3 heteroatoms. The molecule has 0 amide bonds. The zero-order valence-corrected chi connectivity index (χ0v) is 12.0. The van der Waals surface area contributed by atoms with Crippen LogP contribution in [0.2, 0.25) is 5.02 Å². The summed E-state index contributed by atoms with van der Waals surface area (Å²) in [5.41, 5.74) is 0.885. The Kier molecular flexibility index (Phi) is 5.27. The molecule has 0 radical (unpaired) electrons. The van der Waals surface area contributed by atoms with E-state index in [1.54, 1.807) is 0 Å². The van der Waals surface area contributed by atoms with Crippen LogP contribution in [0.5, 0.6) is 0 Å². The van der Waals surface area contributed by atoms with Crippen molar-refractivity contribution in [3.05, 3.63) is 34.9 Å². The number of aliphatic hydroxyl groups is 1. The van der Waals surface area contributed by atoms with Crippen molar-refractivity contribution in [2.24, 2.45) is 0 Å². The molecule has 0 saturated carbocycles. The summed E-state index contributed by atoms with van der Waals surface area (Å²) in [4.78, 5) is 2.36. The maximum Gasteiger partial charge on any atom is 0.0607 e. The Hall–Kier alpha value is -1.01. The first-order valence-corrected chi connectivity index (χ1v) is 7.20. The molecule has 2 nitrogen and oxygen atoms in total. The molecule has 1 heterocycles. The summed E-state index contributed by atoms with van der Waals surface area (Å²) in [7, 11) is 0. The third-order valence-electron chi connectivity index (χ3n) is 3.49. The van der Waals surface area contributed by atoms with Gasteiger partial charge in [0.2, 0.25) is 0 Å². The summed E-state index contributed by atoms with van der Waals surface area (Å²) < 4.78 is 0. The van der Waals surface area contributed by atoms with Gasteiger partial charge in [0, 0.05) is 11.6 Å². The predicted octanol–water partition coefficient (Wildman–Crippen LogP) is 2.93. The second kappa shape index (κ2) is 6.96. The summed E-state index contributed by atoms with van der Waals surface area (Å²) in [5, 5.41) is 10.2. The number of benzene rings is 1. The van der Waals surface area contributed by atoms with E-state index in [4.69, 9.17) is 11.6 Å². The fourth-order valence-corrected chi connectivity index (χ4v) is 2.75. The summed E-state index contributed by atoms with van der Waals surface area (Å²) in [6.07, 6.45) is 2.97. The molecule has 1 N–H and O–H groups in total. The van der Waals surface area contributed by atoms with Gasteiger partial charge in [0.1, 0.15) is 0 Å². The van der Waals surface area contributed by atoms with Crippen molar-refractivity contribution in [2.45, 2.75) is 38.3 Å². The van der Waals surface area contributed by atoms with Gasteiger partial charge in [-0.25, -0.2) is 0 Å². The molecule has 1 aliphatic rings. The minimum absolute atomic E-state index is 0.234. The van der Waals surface area contributed by atoms with E-state index in [1.807, 2.05) is 31.2 Å². The van der Waals surface area contributed by atoms with Crippen LogP contribution in [0.3, 0.4) is 0 Å². The maximum atomic E-state index is 9.49. The highest BCUT2D eigenvalue weighted by molar-refractivity contribution is 6.31. The molecular formula is C16H20ClNO. The van der Waals surface area contributed by atoms with Crippen molar-refractivity contribution >= 4 is 11.6 Å². The molecule has 1 saturated heterocycles. The zero-order valence-electron chi connectivity index (χ0n) is 11.3. The van der Waals surface area contributed by atoms with E-state index in [1.165, 1.54) is 12.8 Å². The number of aliphatic hydroxyl groups excluding tert-OH is 1. The second-order valence-electron chi connectivity index (χ2n) is 5.13.